The minimum Gasteiger partial charge on any atom is -0.360 e. The maximum atomic E-state index is 5.60. The molecule has 0 amide bonds. The van der Waals surface area contributed by atoms with Gasteiger partial charge in [0, 0.05) is 19.1 Å². The highest BCUT2D eigenvalue weighted by molar-refractivity contribution is 7.80. The molecule has 108 valence electrons. The van der Waals surface area contributed by atoms with Crippen LogP contribution in [0.15, 0.2) is 60.7 Å². The van der Waals surface area contributed by atoms with Crippen molar-refractivity contribution in [3.63, 3.8) is 0 Å². The Balaban J connectivity index is 1.71. The average Bonchev–Trinajstić information content (AvgIpc) is 3.33. The summed E-state index contributed by atoms with van der Waals surface area (Å²) >= 11 is 5.60. The van der Waals surface area contributed by atoms with Crippen LogP contribution < -0.4 is 5.32 Å². The molecule has 0 bridgehead atoms. The van der Waals surface area contributed by atoms with E-state index >= 15 is 0 Å². The summed E-state index contributed by atoms with van der Waals surface area (Å²) < 4.78 is 0. The molecule has 3 rings (SSSR count). The standard InChI is InChI=1S/C18H20N2S/c21-18(19-17-11-12-17)20(13-15-7-3-1-4-8-15)14-16-9-5-2-6-10-16/h1-10,17H,11-14H2,(H,19,21). The Kier molecular flexibility index (Phi) is 4.51. The first-order valence-corrected chi connectivity index (χ1v) is 7.85. The van der Waals surface area contributed by atoms with Gasteiger partial charge in [0.15, 0.2) is 5.11 Å². The van der Waals surface area contributed by atoms with Crippen LogP contribution in [0.4, 0.5) is 0 Å². The highest BCUT2D eigenvalue weighted by Crippen LogP contribution is 2.20. The van der Waals surface area contributed by atoms with Crippen molar-refractivity contribution in [2.75, 3.05) is 0 Å². The van der Waals surface area contributed by atoms with Crippen molar-refractivity contribution in [1.29, 1.82) is 0 Å². The van der Waals surface area contributed by atoms with E-state index < -0.39 is 0 Å². The lowest BCUT2D eigenvalue weighted by molar-refractivity contribution is 0.398. The van der Waals surface area contributed by atoms with E-state index in [0.29, 0.717) is 6.04 Å². The molecule has 1 aliphatic carbocycles. The maximum absolute atomic E-state index is 5.60. The lowest BCUT2D eigenvalue weighted by Gasteiger charge is -2.26. The van der Waals surface area contributed by atoms with Crippen LogP contribution in [0.3, 0.4) is 0 Å². The van der Waals surface area contributed by atoms with Gasteiger partial charge in [0.05, 0.1) is 0 Å². The third-order valence-electron chi connectivity index (χ3n) is 3.62. The summed E-state index contributed by atoms with van der Waals surface area (Å²) in [5.41, 5.74) is 2.57. The van der Waals surface area contributed by atoms with Gasteiger partial charge in [-0.15, -0.1) is 0 Å². The van der Waals surface area contributed by atoms with Crippen molar-refractivity contribution < 1.29 is 0 Å². The van der Waals surface area contributed by atoms with E-state index in [-0.39, 0.29) is 0 Å². The van der Waals surface area contributed by atoms with E-state index in [9.17, 15) is 0 Å². The molecule has 21 heavy (non-hydrogen) atoms. The molecule has 2 aromatic rings. The van der Waals surface area contributed by atoms with Crippen LogP contribution in [-0.2, 0) is 13.1 Å². The molecular weight excluding hydrogens is 276 g/mol. The number of nitrogens with zero attached hydrogens (tertiary/aromatic N) is 1. The summed E-state index contributed by atoms with van der Waals surface area (Å²) in [7, 11) is 0. The van der Waals surface area contributed by atoms with E-state index in [1.807, 2.05) is 12.1 Å². The molecule has 2 nitrogen and oxygen atoms in total. The smallest absolute Gasteiger partial charge is 0.169 e. The van der Waals surface area contributed by atoms with Crippen LogP contribution in [0.2, 0.25) is 0 Å². The molecule has 0 atom stereocenters. The Labute approximate surface area is 131 Å². The second-order valence-corrected chi connectivity index (χ2v) is 5.94. The van der Waals surface area contributed by atoms with Crippen LogP contribution in [0.25, 0.3) is 0 Å². The Bertz CT molecular complexity index is 537. The number of thiocarbonyl (C=S) groups is 1. The van der Waals surface area contributed by atoms with Gasteiger partial charge in [0.25, 0.3) is 0 Å². The van der Waals surface area contributed by atoms with Gasteiger partial charge in [-0.05, 0) is 36.2 Å². The zero-order chi connectivity index (χ0) is 14.5. The van der Waals surface area contributed by atoms with E-state index in [1.54, 1.807) is 0 Å². The lowest BCUT2D eigenvalue weighted by Crippen LogP contribution is -2.39. The van der Waals surface area contributed by atoms with Gasteiger partial charge in [0.2, 0.25) is 0 Å². The third kappa shape index (κ3) is 4.30. The Morgan fingerprint density at radius 1 is 0.905 bits per heavy atom. The number of hydrogen-bond donors (Lipinski definition) is 1. The molecule has 1 N–H and O–H groups in total. The Morgan fingerprint density at radius 3 is 1.81 bits per heavy atom. The zero-order valence-electron chi connectivity index (χ0n) is 12.0. The van der Waals surface area contributed by atoms with Crippen LogP contribution in [0.1, 0.15) is 24.0 Å². The minimum absolute atomic E-state index is 0.589. The fourth-order valence-corrected chi connectivity index (χ4v) is 2.60. The van der Waals surface area contributed by atoms with E-state index in [4.69, 9.17) is 12.2 Å². The predicted molar refractivity (Wildman–Crippen MR) is 90.9 cm³/mol. The zero-order valence-corrected chi connectivity index (χ0v) is 12.9. The summed E-state index contributed by atoms with van der Waals surface area (Å²) in [5, 5.41) is 4.32. The topological polar surface area (TPSA) is 15.3 Å². The SMILES string of the molecule is S=C(NC1CC1)N(Cc1ccccc1)Cc1ccccc1. The molecular formula is C18H20N2S. The largest absolute Gasteiger partial charge is 0.360 e. The quantitative estimate of drug-likeness (QED) is 0.847. The normalized spacial score (nSPS) is 13.7. The first-order valence-electron chi connectivity index (χ1n) is 7.44. The fraction of sp³-hybridized carbons (Fsp3) is 0.278. The van der Waals surface area contributed by atoms with Crippen molar-refractivity contribution in [3.05, 3.63) is 71.8 Å². The molecule has 1 aliphatic rings. The Hall–Kier alpha value is -1.87. The molecule has 0 radical (unpaired) electrons. The second-order valence-electron chi connectivity index (χ2n) is 5.55. The molecule has 0 saturated heterocycles. The molecule has 0 aromatic heterocycles. The van der Waals surface area contributed by atoms with Crippen LogP contribution in [0.5, 0.6) is 0 Å². The minimum atomic E-state index is 0.589. The summed E-state index contributed by atoms with van der Waals surface area (Å²) in [5.74, 6) is 0. The molecule has 0 unspecified atom stereocenters. The third-order valence-corrected chi connectivity index (χ3v) is 4.00. The van der Waals surface area contributed by atoms with E-state index in [0.717, 1.165) is 18.2 Å². The van der Waals surface area contributed by atoms with Crippen LogP contribution in [-0.4, -0.2) is 16.1 Å². The maximum Gasteiger partial charge on any atom is 0.169 e. The summed E-state index contributed by atoms with van der Waals surface area (Å²) in [6.45, 7) is 1.68. The molecule has 2 aromatic carbocycles. The highest BCUT2D eigenvalue weighted by Gasteiger charge is 2.24. The van der Waals surface area contributed by atoms with Gasteiger partial charge in [-0.25, -0.2) is 0 Å². The van der Waals surface area contributed by atoms with Gasteiger partial charge in [-0.2, -0.15) is 0 Å². The predicted octanol–water partition coefficient (Wildman–Crippen LogP) is 3.73. The number of hydrogen-bond acceptors (Lipinski definition) is 1. The first kappa shape index (κ1) is 14.1. The van der Waals surface area contributed by atoms with Gasteiger partial charge in [-0.3, -0.25) is 0 Å². The summed E-state index contributed by atoms with van der Waals surface area (Å²) in [4.78, 5) is 2.25. The van der Waals surface area contributed by atoms with Crippen molar-refractivity contribution in [1.82, 2.24) is 10.2 Å². The molecule has 1 saturated carbocycles. The average molecular weight is 296 g/mol. The fourth-order valence-electron chi connectivity index (χ4n) is 2.30. The Morgan fingerprint density at radius 2 is 1.38 bits per heavy atom. The second kappa shape index (κ2) is 6.72. The van der Waals surface area contributed by atoms with Crippen molar-refractivity contribution in [3.8, 4) is 0 Å². The molecule has 1 fully saturated rings. The van der Waals surface area contributed by atoms with Crippen LogP contribution >= 0.6 is 12.2 Å². The number of rotatable bonds is 5. The highest BCUT2D eigenvalue weighted by atomic mass is 32.1. The molecule has 0 heterocycles. The van der Waals surface area contributed by atoms with Crippen molar-refractivity contribution in [2.45, 2.75) is 32.0 Å². The van der Waals surface area contributed by atoms with Crippen LogP contribution in [0, 0.1) is 0 Å². The monoisotopic (exact) mass is 296 g/mol. The van der Waals surface area contributed by atoms with Gasteiger partial charge < -0.3 is 10.2 Å². The molecule has 3 heteroatoms. The molecule has 0 aliphatic heterocycles. The van der Waals surface area contributed by atoms with E-state index in [2.05, 4.69) is 58.7 Å². The van der Waals surface area contributed by atoms with E-state index in [1.165, 1.54) is 24.0 Å². The first-order chi connectivity index (χ1) is 10.3. The van der Waals surface area contributed by atoms with Crippen molar-refractivity contribution >= 4 is 17.3 Å². The molecule has 0 spiro atoms. The summed E-state index contributed by atoms with van der Waals surface area (Å²) in [6, 6.07) is 21.6. The number of benzene rings is 2. The van der Waals surface area contributed by atoms with Gasteiger partial charge in [0.1, 0.15) is 0 Å². The van der Waals surface area contributed by atoms with Gasteiger partial charge >= 0.3 is 0 Å². The summed E-state index contributed by atoms with van der Waals surface area (Å²) in [6.07, 6.45) is 2.48. The van der Waals surface area contributed by atoms with Gasteiger partial charge in [-0.1, -0.05) is 60.7 Å². The van der Waals surface area contributed by atoms with Crippen molar-refractivity contribution in [2.24, 2.45) is 0 Å². The number of nitrogens with one attached hydrogen (secondary N) is 1. The lowest BCUT2D eigenvalue weighted by atomic mass is 10.2.